The number of nitrogens with zero attached hydrogens (tertiary/aromatic N) is 1. The molecule has 0 amide bonds. The first-order valence-corrected chi connectivity index (χ1v) is 5.17. The summed E-state index contributed by atoms with van der Waals surface area (Å²) in [6.45, 7) is 4.02. The third kappa shape index (κ3) is 2.90. The minimum atomic E-state index is -0.407. The van der Waals surface area contributed by atoms with Crippen LogP contribution >= 0.6 is 0 Å². The maximum Gasteiger partial charge on any atom is 0.140 e. The predicted molar refractivity (Wildman–Crippen MR) is 63.0 cm³/mol. The van der Waals surface area contributed by atoms with E-state index in [9.17, 15) is 4.79 Å². The summed E-state index contributed by atoms with van der Waals surface area (Å²) in [6, 6.07) is 8.33. The lowest BCUT2D eigenvalue weighted by Gasteiger charge is -2.30. The molecule has 2 heteroatoms. The van der Waals surface area contributed by atoms with Crippen LogP contribution in [0.25, 0.3) is 0 Å². The molecule has 0 spiro atoms. The number of hydrogen-bond acceptors (Lipinski definition) is 2. The fraction of sp³-hybridized carbons (Fsp3) is 0.462. The van der Waals surface area contributed by atoms with Crippen LogP contribution in [-0.4, -0.2) is 30.8 Å². The number of aryl methyl sites for hydroxylation is 1. The molecule has 1 unspecified atom stereocenters. The van der Waals surface area contributed by atoms with Crippen molar-refractivity contribution in [3.8, 4) is 0 Å². The number of likely N-dealkylation sites (N-methyl/N-ethyl adjacent to an activating group) is 1. The summed E-state index contributed by atoms with van der Waals surface area (Å²) in [7, 11) is 3.87. The quantitative estimate of drug-likeness (QED) is 0.701. The van der Waals surface area contributed by atoms with Gasteiger partial charge in [-0.15, -0.1) is 0 Å². The van der Waals surface area contributed by atoms with Crippen LogP contribution in [0.15, 0.2) is 24.3 Å². The van der Waals surface area contributed by atoms with Crippen molar-refractivity contribution in [1.82, 2.24) is 4.90 Å². The van der Waals surface area contributed by atoms with E-state index in [0.717, 1.165) is 12.7 Å². The van der Waals surface area contributed by atoms with Gasteiger partial charge in [0.1, 0.15) is 6.29 Å². The van der Waals surface area contributed by atoms with Gasteiger partial charge in [-0.2, -0.15) is 0 Å². The minimum Gasteiger partial charge on any atom is -0.301 e. The molecule has 2 nitrogen and oxygen atoms in total. The van der Waals surface area contributed by atoms with Crippen LogP contribution in [-0.2, 0) is 11.2 Å². The molecule has 1 atom stereocenters. The van der Waals surface area contributed by atoms with E-state index < -0.39 is 5.54 Å². The lowest BCUT2D eigenvalue weighted by Crippen LogP contribution is -2.44. The Morgan fingerprint density at radius 2 is 1.80 bits per heavy atom. The van der Waals surface area contributed by atoms with Gasteiger partial charge in [-0.1, -0.05) is 29.8 Å². The number of aldehydes is 1. The fourth-order valence-corrected chi connectivity index (χ4v) is 1.42. The molecule has 0 saturated carbocycles. The monoisotopic (exact) mass is 205 g/mol. The van der Waals surface area contributed by atoms with E-state index in [4.69, 9.17) is 0 Å². The standard InChI is InChI=1S/C13H19NO/c1-11-5-7-12(8-6-11)9-13(2,10-15)14(3)4/h5-8,10H,9H2,1-4H3. The van der Waals surface area contributed by atoms with E-state index in [-0.39, 0.29) is 0 Å². The summed E-state index contributed by atoms with van der Waals surface area (Å²) in [5.74, 6) is 0. The van der Waals surface area contributed by atoms with Crippen molar-refractivity contribution in [3.63, 3.8) is 0 Å². The minimum absolute atomic E-state index is 0.407. The van der Waals surface area contributed by atoms with Crippen LogP contribution in [0.5, 0.6) is 0 Å². The highest BCUT2D eigenvalue weighted by Crippen LogP contribution is 2.16. The van der Waals surface area contributed by atoms with Crippen molar-refractivity contribution < 1.29 is 4.79 Å². The number of carbonyl (C=O) groups is 1. The van der Waals surface area contributed by atoms with Crippen LogP contribution in [0.1, 0.15) is 18.1 Å². The van der Waals surface area contributed by atoms with E-state index in [1.54, 1.807) is 0 Å². The molecular formula is C13H19NO. The third-order valence-electron chi connectivity index (χ3n) is 2.96. The highest BCUT2D eigenvalue weighted by atomic mass is 16.1. The maximum absolute atomic E-state index is 11.1. The van der Waals surface area contributed by atoms with Gasteiger partial charge in [0.15, 0.2) is 0 Å². The lowest BCUT2D eigenvalue weighted by molar-refractivity contribution is -0.116. The molecule has 0 N–H and O–H groups in total. The number of carbonyl (C=O) groups excluding carboxylic acids is 1. The molecule has 0 bridgehead atoms. The van der Waals surface area contributed by atoms with Gasteiger partial charge in [0.05, 0.1) is 5.54 Å². The average Bonchev–Trinajstić information content (AvgIpc) is 2.21. The van der Waals surface area contributed by atoms with Crippen LogP contribution in [0.4, 0.5) is 0 Å². The van der Waals surface area contributed by atoms with Crippen LogP contribution in [0.3, 0.4) is 0 Å². The van der Waals surface area contributed by atoms with Crippen LogP contribution in [0.2, 0.25) is 0 Å². The Morgan fingerprint density at radius 1 is 1.27 bits per heavy atom. The van der Waals surface area contributed by atoms with Crippen LogP contribution < -0.4 is 0 Å². The first-order valence-electron chi connectivity index (χ1n) is 5.17. The summed E-state index contributed by atoms with van der Waals surface area (Å²) in [5.41, 5.74) is 2.04. The summed E-state index contributed by atoms with van der Waals surface area (Å²) < 4.78 is 0. The van der Waals surface area contributed by atoms with Crippen molar-refractivity contribution in [2.24, 2.45) is 0 Å². The fourth-order valence-electron chi connectivity index (χ4n) is 1.42. The second-order valence-electron chi connectivity index (χ2n) is 4.53. The number of rotatable bonds is 4. The summed E-state index contributed by atoms with van der Waals surface area (Å²) in [6.07, 6.45) is 1.77. The molecule has 0 aliphatic rings. The molecule has 1 aromatic rings. The first kappa shape index (κ1) is 11.9. The van der Waals surface area contributed by atoms with Gasteiger partial charge in [-0.25, -0.2) is 0 Å². The largest absolute Gasteiger partial charge is 0.301 e. The average molecular weight is 205 g/mol. The summed E-state index contributed by atoms with van der Waals surface area (Å²) in [5, 5.41) is 0. The Bertz CT molecular complexity index is 329. The van der Waals surface area contributed by atoms with Gasteiger partial charge >= 0.3 is 0 Å². The van der Waals surface area contributed by atoms with Gasteiger partial charge in [-0.05, 0) is 39.9 Å². The van der Waals surface area contributed by atoms with E-state index in [1.807, 2.05) is 25.9 Å². The molecule has 1 aromatic carbocycles. The number of benzene rings is 1. The maximum atomic E-state index is 11.1. The van der Waals surface area contributed by atoms with Gasteiger partial charge < -0.3 is 4.79 Å². The van der Waals surface area contributed by atoms with E-state index in [2.05, 4.69) is 31.2 Å². The van der Waals surface area contributed by atoms with Crippen molar-refractivity contribution >= 4 is 6.29 Å². The molecule has 0 aliphatic carbocycles. The molecule has 82 valence electrons. The van der Waals surface area contributed by atoms with Crippen molar-refractivity contribution in [2.45, 2.75) is 25.8 Å². The molecule has 15 heavy (non-hydrogen) atoms. The molecule has 0 aliphatic heterocycles. The first-order chi connectivity index (χ1) is 6.98. The third-order valence-corrected chi connectivity index (χ3v) is 2.96. The Morgan fingerprint density at radius 3 is 2.20 bits per heavy atom. The summed E-state index contributed by atoms with van der Waals surface area (Å²) >= 11 is 0. The van der Waals surface area contributed by atoms with Crippen molar-refractivity contribution in [1.29, 1.82) is 0 Å². The second kappa shape index (κ2) is 4.58. The van der Waals surface area contributed by atoms with E-state index in [1.165, 1.54) is 11.1 Å². The SMILES string of the molecule is Cc1ccc(CC(C)(C=O)N(C)C)cc1. The van der Waals surface area contributed by atoms with E-state index in [0.29, 0.717) is 0 Å². The topological polar surface area (TPSA) is 20.3 Å². The zero-order valence-corrected chi connectivity index (χ0v) is 9.95. The Labute approximate surface area is 91.9 Å². The Kier molecular flexibility index (Phi) is 3.64. The molecule has 1 rings (SSSR count). The van der Waals surface area contributed by atoms with Gasteiger partial charge in [0.2, 0.25) is 0 Å². The smallest absolute Gasteiger partial charge is 0.140 e. The van der Waals surface area contributed by atoms with Crippen molar-refractivity contribution in [3.05, 3.63) is 35.4 Å². The van der Waals surface area contributed by atoms with Crippen molar-refractivity contribution in [2.75, 3.05) is 14.1 Å². The normalized spacial score (nSPS) is 15.0. The number of hydrogen-bond donors (Lipinski definition) is 0. The Hall–Kier alpha value is -1.15. The second-order valence-corrected chi connectivity index (χ2v) is 4.53. The van der Waals surface area contributed by atoms with Gasteiger partial charge in [0.25, 0.3) is 0 Å². The molecular weight excluding hydrogens is 186 g/mol. The molecule has 0 radical (unpaired) electrons. The molecule has 0 heterocycles. The van der Waals surface area contributed by atoms with Gasteiger partial charge in [-0.3, -0.25) is 4.90 Å². The van der Waals surface area contributed by atoms with Crippen LogP contribution in [0, 0.1) is 6.92 Å². The molecule has 0 aromatic heterocycles. The van der Waals surface area contributed by atoms with E-state index >= 15 is 0 Å². The zero-order valence-electron chi connectivity index (χ0n) is 9.95. The highest BCUT2D eigenvalue weighted by molar-refractivity contribution is 5.64. The summed E-state index contributed by atoms with van der Waals surface area (Å²) in [4.78, 5) is 13.1. The lowest BCUT2D eigenvalue weighted by atomic mass is 9.93. The molecule has 0 fully saturated rings. The zero-order chi connectivity index (χ0) is 11.5. The molecule has 0 saturated heterocycles. The highest BCUT2D eigenvalue weighted by Gasteiger charge is 2.26. The van der Waals surface area contributed by atoms with Gasteiger partial charge in [0, 0.05) is 0 Å². The predicted octanol–water partition coefficient (Wildman–Crippen LogP) is 2.06. The Balaban J connectivity index is 2.84.